The fourth-order valence-corrected chi connectivity index (χ4v) is 2.64. The Morgan fingerprint density at radius 3 is 3.00 bits per heavy atom. The summed E-state index contributed by atoms with van der Waals surface area (Å²) in [5, 5.41) is 0. The van der Waals surface area contributed by atoms with Crippen molar-refractivity contribution in [2.75, 3.05) is 0 Å². The molecule has 1 fully saturated rings. The van der Waals surface area contributed by atoms with E-state index in [1.54, 1.807) is 11.3 Å². The van der Waals surface area contributed by atoms with E-state index in [4.69, 9.17) is 5.84 Å². The van der Waals surface area contributed by atoms with Crippen LogP contribution in [0.3, 0.4) is 0 Å². The Morgan fingerprint density at radius 1 is 1.71 bits per heavy atom. The highest BCUT2D eigenvalue weighted by molar-refractivity contribution is 7.09. The van der Waals surface area contributed by atoms with Crippen molar-refractivity contribution in [1.29, 1.82) is 0 Å². The second-order valence-corrected chi connectivity index (χ2v) is 4.93. The van der Waals surface area contributed by atoms with Crippen LogP contribution in [0.5, 0.6) is 0 Å². The number of nitrogens with one attached hydrogen (secondary N) is 1. The SMILES string of the molecule is Cc1ncsc1C(CCC1CC1)NN. The van der Waals surface area contributed by atoms with E-state index in [1.165, 1.54) is 24.1 Å². The molecule has 3 nitrogen and oxygen atoms in total. The van der Waals surface area contributed by atoms with Gasteiger partial charge in [-0.1, -0.05) is 12.8 Å². The number of hydrogen-bond donors (Lipinski definition) is 2. The minimum absolute atomic E-state index is 0.308. The number of aryl methyl sites for hydroxylation is 1. The standard InChI is InChI=1S/C10H17N3S/c1-7-10(14-6-12-7)9(13-11)5-4-8-2-3-8/h6,8-9,13H,2-5,11H2,1H3. The van der Waals surface area contributed by atoms with Crippen molar-refractivity contribution in [3.05, 3.63) is 16.1 Å². The van der Waals surface area contributed by atoms with Gasteiger partial charge in [-0.3, -0.25) is 11.3 Å². The molecule has 1 aromatic heterocycles. The number of thiazole rings is 1. The molecule has 1 unspecified atom stereocenters. The largest absolute Gasteiger partial charge is 0.271 e. The lowest BCUT2D eigenvalue weighted by atomic mass is 10.1. The first-order valence-electron chi connectivity index (χ1n) is 5.17. The fraction of sp³-hybridized carbons (Fsp3) is 0.700. The van der Waals surface area contributed by atoms with Crippen molar-refractivity contribution in [2.24, 2.45) is 11.8 Å². The first-order chi connectivity index (χ1) is 6.81. The lowest BCUT2D eigenvalue weighted by Crippen LogP contribution is -2.27. The van der Waals surface area contributed by atoms with Crippen molar-refractivity contribution < 1.29 is 0 Å². The van der Waals surface area contributed by atoms with Crippen LogP contribution in [0.15, 0.2) is 5.51 Å². The summed E-state index contributed by atoms with van der Waals surface area (Å²) < 4.78 is 0. The van der Waals surface area contributed by atoms with Crippen LogP contribution in [-0.2, 0) is 0 Å². The number of nitrogens with zero attached hydrogens (tertiary/aromatic N) is 1. The van der Waals surface area contributed by atoms with Crippen LogP contribution < -0.4 is 11.3 Å². The molecule has 3 N–H and O–H groups in total. The number of hydrogen-bond acceptors (Lipinski definition) is 4. The van der Waals surface area contributed by atoms with Gasteiger partial charge in [0.1, 0.15) is 0 Å². The number of hydrazine groups is 1. The van der Waals surface area contributed by atoms with Crippen LogP contribution in [0.4, 0.5) is 0 Å². The van der Waals surface area contributed by atoms with E-state index >= 15 is 0 Å². The van der Waals surface area contributed by atoms with Gasteiger partial charge in [-0.05, 0) is 25.7 Å². The Balaban J connectivity index is 1.93. The zero-order valence-corrected chi connectivity index (χ0v) is 9.31. The van der Waals surface area contributed by atoms with Gasteiger partial charge in [0.15, 0.2) is 0 Å². The molecular formula is C10H17N3S. The van der Waals surface area contributed by atoms with Crippen molar-refractivity contribution >= 4 is 11.3 Å². The normalized spacial score (nSPS) is 18.4. The highest BCUT2D eigenvalue weighted by Crippen LogP contribution is 2.36. The summed E-state index contributed by atoms with van der Waals surface area (Å²) in [6.45, 7) is 2.05. The van der Waals surface area contributed by atoms with Crippen LogP contribution >= 0.6 is 11.3 Å². The average Bonchev–Trinajstić information content (AvgIpc) is 2.92. The van der Waals surface area contributed by atoms with Gasteiger partial charge in [-0.25, -0.2) is 4.98 Å². The third-order valence-corrected chi connectivity index (χ3v) is 3.91. The lowest BCUT2D eigenvalue weighted by Gasteiger charge is -2.14. The van der Waals surface area contributed by atoms with Crippen molar-refractivity contribution in [1.82, 2.24) is 10.4 Å². The van der Waals surface area contributed by atoms with Gasteiger partial charge in [0.05, 0.1) is 17.2 Å². The zero-order valence-electron chi connectivity index (χ0n) is 8.49. The van der Waals surface area contributed by atoms with E-state index in [-0.39, 0.29) is 0 Å². The van der Waals surface area contributed by atoms with Crippen molar-refractivity contribution in [3.63, 3.8) is 0 Å². The summed E-state index contributed by atoms with van der Waals surface area (Å²) in [7, 11) is 0. The maximum atomic E-state index is 5.57. The first kappa shape index (κ1) is 10.1. The molecule has 0 saturated heterocycles. The summed E-state index contributed by atoms with van der Waals surface area (Å²) in [4.78, 5) is 5.55. The van der Waals surface area contributed by atoms with E-state index in [1.807, 2.05) is 12.4 Å². The first-order valence-corrected chi connectivity index (χ1v) is 6.05. The van der Waals surface area contributed by atoms with Gasteiger partial charge < -0.3 is 0 Å². The Hall–Kier alpha value is -0.450. The Kier molecular flexibility index (Phi) is 3.15. The summed E-state index contributed by atoms with van der Waals surface area (Å²) in [5.74, 6) is 6.54. The summed E-state index contributed by atoms with van der Waals surface area (Å²) in [6, 6.07) is 0.308. The van der Waals surface area contributed by atoms with Crippen molar-refractivity contribution in [2.45, 2.75) is 38.6 Å². The van der Waals surface area contributed by atoms with Crippen LogP contribution in [0.1, 0.15) is 42.3 Å². The molecule has 0 radical (unpaired) electrons. The van der Waals surface area contributed by atoms with Gasteiger partial charge in [-0.15, -0.1) is 11.3 Å². The molecule has 0 aliphatic heterocycles. The van der Waals surface area contributed by atoms with Gasteiger partial charge in [0.25, 0.3) is 0 Å². The van der Waals surface area contributed by atoms with E-state index in [9.17, 15) is 0 Å². The van der Waals surface area contributed by atoms with E-state index < -0.39 is 0 Å². The van der Waals surface area contributed by atoms with Crippen LogP contribution in [-0.4, -0.2) is 4.98 Å². The smallest absolute Gasteiger partial charge is 0.0798 e. The Bertz CT molecular complexity index is 293. The molecule has 1 aliphatic rings. The molecular weight excluding hydrogens is 194 g/mol. The van der Waals surface area contributed by atoms with E-state index in [2.05, 4.69) is 10.4 Å². The number of rotatable bonds is 5. The van der Waals surface area contributed by atoms with E-state index in [0.29, 0.717) is 6.04 Å². The third-order valence-electron chi connectivity index (χ3n) is 2.86. The molecule has 2 rings (SSSR count). The third kappa shape index (κ3) is 2.32. The maximum absolute atomic E-state index is 5.57. The van der Waals surface area contributed by atoms with Crippen molar-refractivity contribution in [3.8, 4) is 0 Å². The molecule has 1 aromatic rings. The molecule has 0 amide bonds. The summed E-state index contributed by atoms with van der Waals surface area (Å²) >= 11 is 1.70. The molecule has 0 spiro atoms. The van der Waals surface area contributed by atoms with Gasteiger partial charge in [-0.2, -0.15) is 0 Å². The predicted octanol–water partition coefficient (Wildman–Crippen LogP) is 2.15. The Labute approximate surface area is 88.7 Å². The number of nitrogens with two attached hydrogens (primary N) is 1. The summed E-state index contributed by atoms with van der Waals surface area (Å²) in [5.41, 5.74) is 5.91. The van der Waals surface area contributed by atoms with Gasteiger partial charge >= 0.3 is 0 Å². The second-order valence-electron chi connectivity index (χ2n) is 4.04. The quantitative estimate of drug-likeness (QED) is 0.579. The lowest BCUT2D eigenvalue weighted by molar-refractivity contribution is 0.486. The van der Waals surface area contributed by atoms with Gasteiger partial charge in [0, 0.05) is 4.88 Å². The highest BCUT2D eigenvalue weighted by atomic mass is 32.1. The maximum Gasteiger partial charge on any atom is 0.0798 e. The van der Waals surface area contributed by atoms with Crippen LogP contribution in [0.25, 0.3) is 0 Å². The second kappa shape index (κ2) is 4.38. The van der Waals surface area contributed by atoms with E-state index in [0.717, 1.165) is 18.0 Å². The predicted molar refractivity (Wildman–Crippen MR) is 58.9 cm³/mol. The molecule has 0 bridgehead atoms. The topological polar surface area (TPSA) is 50.9 Å². The molecule has 4 heteroatoms. The molecule has 14 heavy (non-hydrogen) atoms. The average molecular weight is 211 g/mol. The monoisotopic (exact) mass is 211 g/mol. The molecule has 78 valence electrons. The van der Waals surface area contributed by atoms with Crippen LogP contribution in [0.2, 0.25) is 0 Å². The number of aromatic nitrogens is 1. The fourth-order valence-electron chi connectivity index (χ4n) is 1.74. The van der Waals surface area contributed by atoms with Crippen LogP contribution in [0, 0.1) is 12.8 Å². The molecule has 1 atom stereocenters. The van der Waals surface area contributed by atoms with Gasteiger partial charge in [0.2, 0.25) is 0 Å². The highest BCUT2D eigenvalue weighted by Gasteiger charge is 2.23. The zero-order chi connectivity index (χ0) is 9.97. The Morgan fingerprint density at radius 2 is 2.50 bits per heavy atom. The molecule has 1 aliphatic carbocycles. The minimum atomic E-state index is 0.308. The molecule has 1 heterocycles. The molecule has 1 saturated carbocycles. The molecule has 0 aromatic carbocycles. The summed E-state index contributed by atoms with van der Waals surface area (Å²) in [6.07, 6.45) is 5.27. The minimum Gasteiger partial charge on any atom is -0.271 e.